The number of piperidine rings is 1. The number of alkyl halides is 1. The van der Waals surface area contributed by atoms with E-state index in [1.54, 1.807) is 0 Å². The van der Waals surface area contributed by atoms with E-state index < -0.39 is 5.67 Å². The molecule has 2 heteroatoms. The molecule has 0 aliphatic carbocycles. The molecule has 1 aliphatic rings. The predicted octanol–water partition coefficient (Wildman–Crippen LogP) is 4.85. The van der Waals surface area contributed by atoms with Gasteiger partial charge in [-0.15, -0.1) is 0 Å². The van der Waals surface area contributed by atoms with Crippen molar-refractivity contribution >= 4 is 0 Å². The average molecular weight is 257 g/mol. The van der Waals surface area contributed by atoms with Gasteiger partial charge in [-0.3, -0.25) is 0 Å². The molecule has 3 atom stereocenters. The first-order valence-electron chi connectivity index (χ1n) is 7.99. The summed E-state index contributed by atoms with van der Waals surface area (Å²) in [7, 11) is 0. The minimum Gasteiger partial charge on any atom is -0.314 e. The van der Waals surface area contributed by atoms with E-state index in [0.717, 1.165) is 25.8 Å². The Morgan fingerprint density at radius 1 is 1.33 bits per heavy atom. The number of unbranched alkanes of at least 4 members (excludes halogenated alkanes) is 1. The van der Waals surface area contributed by atoms with Crippen LogP contribution in [0, 0.1) is 5.92 Å². The molecule has 1 nitrogen and oxygen atoms in total. The van der Waals surface area contributed by atoms with Gasteiger partial charge in [-0.1, -0.05) is 46.0 Å². The first-order valence-corrected chi connectivity index (χ1v) is 7.99. The standard InChI is InChI=1S/C16H32FN/c1-4-6-9-14(5-2)12-16(3,17)13-15-10-7-8-11-18-15/h14-15,18H,4-13H2,1-3H3. The Balaban J connectivity index is 2.35. The Labute approximate surface area is 113 Å². The molecule has 0 aromatic carbocycles. The summed E-state index contributed by atoms with van der Waals surface area (Å²) in [5, 5.41) is 3.47. The van der Waals surface area contributed by atoms with E-state index in [-0.39, 0.29) is 0 Å². The first-order chi connectivity index (χ1) is 8.57. The normalized spacial score (nSPS) is 25.7. The van der Waals surface area contributed by atoms with Crippen LogP contribution in [0.25, 0.3) is 0 Å². The number of rotatable bonds is 8. The summed E-state index contributed by atoms with van der Waals surface area (Å²) in [5.74, 6) is 0.573. The van der Waals surface area contributed by atoms with E-state index in [9.17, 15) is 4.39 Å². The molecular weight excluding hydrogens is 225 g/mol. The summed E-state index contributed by atoms with van der Waals surface area (Å²) >= 11 is 0. The third kappa shape index (κ3) is 6.17. The van der Waals surface area contributed by atoms with Gasteiger partial charge < -0.3 is 5.32 Å². The van der Waals surface area contributed by atoms with E-state index >= 15 is 0 Å². The van der Waals surface area contributed by atoms with Crippen molar-refractivity contribution in [1.82, 2.24) is 5.32 Å². The molecule has 0 amide bonds. The van der Waals surface area contributed by atoms with Crippen LogP contribution in [-0.4, -0.2) is 18.3 Å². The van der Waals surface area contributed by atoms with Crippen LogP contribution >= 0.6 is 0 Å². The summed E-state index contributed by atoms with van der Waals surface area (Å²) in [6.07, 6.45) is 9.93. The van der Waals surface area contributed by atoms with Gasteiger partial charge in [0.1, 0.15) is 5.67 Å². The molecule has 1 aliphatic heterocycles. The fourth-order valence-corrected chi connectivity index (χ4v) is 3.24. The van der Waals surface area contributed by atoms with Crippen molar-refractivity contribution in [3.8, 4) is 0 Å². The molecular formula is C16H32FN. The smallest absolute Gasteiger partial charge is 0.110 e. The van der Waals surface area contributed by atoms with Crippen molar-refractivity contribution in [2.24, 2.45) is 5.92 Å². The maximum atomic E-state index is 14.7. The molecule has 1 rings (SSSR count). The Morgan fingerprint density at radius 3 is 2.67 bits per heavy atom. The van der Waals surface area contributed by atoms with Crippen LogP contribution in [-0.2, 0) is 0 Å². The van der Waals surface area contributed by atoms with Crippen LogP contribution in [0.4, 0.5) is 4.39 Å². The largest absolute Gasteiger partial charge is 0.314 e. The lowest BCUT2D eigenvalue weighted by atomic mass is 9.83. The highest BCUT2D eigenvalue weighted by atomic mass is 19.1. The second-order valence-corrected chi connectivity index (χ2v) is 6.38. The number of hydrogen-bond acceptors (Lipinski definition) is 1. The van der Waals surface area contributed by atoms with Crippen LogP contribution in [0.3, 0.4) is 0 Å². The minimum absolute atomic E-state index is 0.414. The molecule has 3 unspecified atom stereocenters. The van der Waals surface area contributed by atoms with E-state index in [4.69, 9.17) is 0 Å². The van der Waals surface area contributed by atoms with Gasteiger partial charge >= 0.3 is 0 Å². The molecule has 1 heterocycles. The topological polar surface area (TPSA) is 12.0 Å². The van der Waals surface area contributed by atoms with Gasteiger partial charge in [0.25, 0.3) is 0 Å². The lowest BCUT2D eigenvalue weighted by molar-refractivity contribution is 0.107. The molecule has 0 aromatic rings. The number of halogens is 1. The monoisotopic (exact) mass is 257 g/mol. The van der Waals surface area contributed by atoms with Crippen LogP contribution in [0.15, 0.2) is 0 Å². The van der Waals surface area contributed by atoms with E-state index in [1.807, 2.05) is 6.92 Å². The van der Waals surface area contributed by atoms with E-state index in [2.05, 4.69) is 19.2 Å². The summed E-state index contributed by atoms with van der Waals surface area (Å²) < 4.78 is 14.7. The molecule has 1 N–H and O–H groups in total. The van der Waals surface area contributed by atoms with Gasteiger partial charge in [-0.2, -0.15) is 0 Å². The Hall–Kier alpha value is -0.110. The van der Waals surface area contributed by atoms with E-state index in [0.29, 0.717) is 18.4 Å². The molecule has 0 spiro atoms. The summed E-state index contributed by atoms with van der Waals surface area (Å²) in [4.78, 5) is 0. The van der Waals surface area contributed by atoms with Gasteiger partial charge in [0.05, 0.1) is 0 Å². The van der Waals surface area contributed by atoms with E-state index in [1.165, 1.54) is 32.1 Å². The van der Waals surface area contributed by atoms with Crippen molar-refractivity contribution in [3.05, 3.63) is 0 Å². The third-order valence-corrected chi connectivity index (χ3v) is 4.34. The first kappa shape index (κ1) is 15.9. The van der Waals surface area contributed by atoms with Crippen LogP contribution < -0.4 is 5.32 Å². The second-order valence-electron chi connectivity index (χ2n) is 6.38. The Morgan fingerprint density at radius 2 is 2.11 bits per heavy atom. The molecule has 0 aromatic heterocycles. The summed E-state index contributed by atoms with van der Waals surface area (Å²) in [6, 6.07) is 0.414. The van der Waals surface area contributed by atoms with Crippen LogP contribution in [0.5, 0.6) is 0 Å². The van der Waals surface area contributed by atoms with Gasteiger partial charge in [0, 0.05) is 6.04 Å². The fourth-order valence-electron chi connectivity index (χ4n) is 3.24. The summed E-state index contributed by atoms with van der Waals surface area (Å²) in [5.41, 5.74) is -0.983. The van der Waals surface area contributed by atoms with Crippen molar-refractivity contribution in [3.63, 3.8) is 0 Å². The van der Waals surface area contributed by atoms with Crippen molar-refractivity contribution in [2.75, 3.05) is 6.54 Å². The zero-order valence-corrected chi connectivity index (χ0v) is 12.6. The molecule has 0 bridgehead atoms. The second kappa shape index (κ2) is 8.14. The molecule has 18 heavy (non-hydrogen) atoms. The predicted molar refractivity (Wildman–Crippen MR) is 77.7 cm³/mol. The highest BCUT2D eigenvalue weighted by Crippen LogP contribution is 2.32. The third-order valence-electron chi connectivity index (χ3n) is 4.34. The lowest BCUT2D eigenvalue weighted by Crippen LogP contribution is -2.39. The maximum absolute atomic E-state index is 14.7. The van der Waals surface area contributed by atoms with Gasteiger partial charge in [0.2, 0.25) is 0 Å². The Kier molecular flexibility index (Phi) is 7.21. The van der Waals surface area contributed by atoms with Gasteiger partial charge in [0.15, 0.2) is 0 Å². The fraction of sp³-hybridized carbons (Fsp3) is 1.00. The van der Waals surface area contributed by atoms with Crippen LogP contribution in [0.2, 0.25) is 0 Å². The zero-order valence-electron chi connectivity index (χ0n) is 12.6. The molecule has 1 saturated heterocycles. The average Bonchev–Trinajstić information content (AvgIpc) is 2.35. The quantitative estimate of drug-likeness (QED) is 0.655. The SMILES string of the molecule is CCCCC(CC)CC(C)(F)CC1CCCCN1. The molecule has 1 fully saturated rings. The molecule has 0 saturated carbocycles. The maximum Gasteiger partial charge on any atom is 0.110 e. The summed E-state index contributed by atoms with van der Waals surface area (Å²) in [6.45, 7) is 7.31. The van der Waals surface area contributed by atoms with Crippen molar-refractivity contribution in [1.29, 1.82) is 0 Å². The highest BCUT2D eigenvalue weighted by molar-refractivity contribution is 4.85. The molecule has 0 radical (unpaired) electrons. The number of hydrogen-bond donors (Lipinski definition) is 1. The zero-order chi connectivity index (χ0) is 13.4. The molecule has 108 valence electrons. The Bertz CT molecular complexity index is 209. The highest BCUT2D eigenvalue weighted by Gasteiger charge is 2.30. The van der Waals surface area contributed by atoms with Gasteiger partial charge in [-0.25, -0.2) is 4.39 Å². The van der Waals surface area contributed by atoms with Crippen molar-refractivity contribution in [2.45, 2.75) is 90.3 Å². The van der Waals surface area contributed by atoms with Crippen LogP contribution in [0.1, 0.15) is 78.6 Å². The lowest BCUT2D eigenvalue weighted by Gasteiger charge is -2.32. The van der Waals surface area contributed by atoms with Crippen molar-refractivity contribution < 1.29 is 4.39 Å². The number of nitrogens with one attached hydrogen (secondary N) is 1. The van der Waals surface area contributed by atoms with Gasteiger partial charge in [-0.05, 0) is 45.1 Å². The minimum atomic E-state index is -0.983.